The molecule has 2 aromatic rings. The van der Waals surface area contributed by atoms with Crippen LogP contribution < -0.4 is 11.0 Å². The molecule has 0 amide bonds. The standard InChI is InChI=1S/C11H13FN4OS/c1-13-6-7-3-4-9(8(12)5-7)18-11-15-14-10(17)16(11)2/h3-5,13H,6H2,1-2H3,(H,14,17). The maximum atomic E-state index is 13.8. The van der Waals surface area contributed by atoms with E-state index in [0.717, 1.165) is 17.3 Å². The van der Waals surface area contributed by atoms with Crippen molar-refractivity contribution in [3.63, 3.8) is 0 Å². The summed E-state index contributed by atoms with van der Waals surface area (Å²) < 4.78 is 15.2. The van der Waals surface area contributed by atoms with Crippen molar-refractivity contribution in [2.75, 3.05) is 7.05 Å². The lowest BCUT2D eigenvalue weighted by atomic mass is 10.2. The van der Waals surface area contributed by atoms with Crippen LogP contribution >= 0.6 is 11.8 Å². The minimum absolute atomic E-state index is 0.315. The maximum Gasteiger partial charge on any atom is 0.343 e. The summed E-state index contributed by atoms with van der Waals surface area (Å²) in [5, 5.41) is 9.52. The molecule has 0 unspecified atom stereocenters. The number of nitrogens with one attached hydrogen (secondary N) is 2. The molecule has 0 bridgehead atoms. The first-order chi connectivity index (χ1) is 8.61. The van der Waals surface area contributed by atoms with Crippen LogP contribution in [0.2, 0.25) is 0 Å². The molecular formula is C11H13FN4OS. The molecule has 0 spiro atoms. The summed E-state index contributed by atoms with van der Waals surface area (Å²) >= 11 is 1.11. The molecule has 1 aromatic heterocycles. The van der Waals surface area contributed by atoms with Gasteiger partial charge in [0.15, 0.2) is 5.16 Å². The van der Waals surface area contributed by atoms with E-state index >= 15 is 0 Å². The Morgan fingerprint density at radius 3 is 2.89 bits per heavy atom. The van der Waals surface area contributed by atoms with Gasteiger partial charge >= 0.3 is 5.69 Å². The zero-order valence-corrected chi connectivity index (χ0v) is 10.8. The molecule has 0 saturated carbocycles. The van der Waals surface area contributed by atoms with Crippen LogP contribution in [0.15, 0.2) is 33.0 Å². The van der Waals surface area contributed by atoms with E-state index in [1.807, 2.05) is 6.07 Å². The van der Waals surface area contributed by atoms with Gasteiger partial charge in [0.1, 0.15) is 5.82 Å². The Hall–Kier alpha value is -1.60. The summed E-state index contributed by atoms with van der Waals surface area (Å²) in [7, 11) is 3.39. The van der Waals surface area contributed by atoms with Crippen LogP contribution in [0.25, 0.3) is 0 Å². The van der Waals surface area contributed by atoms with Crippen molar-refractivity contribution in [3.05, 3.63) is 40.1 Å². The summed E-state index contributed by atoms with van der Waals surface area (Å²) in [4.78, 5) is 11.6. The van der Waals surface area contributed by atoms with Crippen molar-refractivity contribution >= 4 is 11.8 Å². The van der Waals surface area contributed by atoms with E-state index in [1.54, 1.807) is 20.2 Å². The summed E-state index contributed by atoms with van der Waals surface area (Å²) in [5.74, 6) is -0.316. The zero-order chi connectivity index (χ0) is 13.1. The lowest BCUT2D eigenvalue weighted by Gasteiger charge is -2.05. The topological polar surface area (TPSA) is 62.7 Å². The van der Waals surface area contributed by atoms with E-state index in [-0.39, 0.29) is 11.5 Å². The lowest BCUT2D eigenvalue weighted by Crippen LogP contribution is -2.12. The van der Waals surface area contributed by atoms with Crippen molar-refractivity contribution in [2.45, 2.75) is 16.6 Å². The minimum Gasteiger partial charge on any atom is -0.316 e. The smallest absolute Gasteiger partial charge is 0.316 e. The lowest BCUT2D eigenvalue weighted by molar-refractivity contribution is 0.597. The van der Waals surface area contributed by atoms with Gasteiger partial charge < -0.3 is 5.32 Å². The highest BCUT2D eigenvalue weighted by molar-refractivity contribution is 7.99. The van der Waals surface area contributed by atoms with Crippen molar-refractivity contribution in [3.8, 4) is 0 Å². The van der Waals surface area contributed by atoms with E-state index in [0.29, 0.717) is 16.6 Å². The number of hydrogen-bond donors (Lipinski definition) is 2. The van der Waals surface area contributed by atoms with Gasteiger partial charge in [0.2, 0.25) is 0 Å². The van der Waals surface area contributed by atoms with Crippen LogP contribution in [0.1, 0.15) is 5.56 Å². The summed E-state index contributed by atoms with van der Waals surface area (Å²) in [6, 6.07) is 5.00. The van der Waals surface area contributed by atoms with Crippen LogP contribution in [0.5, 0.6) is 0 Å². The molecule has 7 heteroatoms. The van der Waals surface area contributed by atoms with Crippen molar-refractivity contribution < 1.29 is 4.39 Å². The SMILES string of the molecule is CNCc1ccc(Sc2n[nH]c(=O)n2C)c(F)c1. The van der Waals surface area contributed by atoms with Crippen molar-refractivity contribution in [1.82, 2.24) is 20.1 Å². The monoisotopic (exact) mass is 268 g/mol. The number of aromatic amines is 1. The van der Waals surface area contributed by atoms with E-state index in [2.05, 4.69) is 15.5 Å². The second-order valence-corrected chi connectivity index (χ2v) is 4.78. The van der Waals surface area contributed by atoms with Crippen LogP contribution in [-0.4, -0.2) is 21.8 Å². The van der Waals surface area contributed by atoms with Crippen LogP contribution in [-0.2, 0) is 13.6 Å². The van der Waals surface area contributed by atoms with Crippen LogP contribution in [0.4, 0.5) is 4.39 Å². The van der Waals surface area contributed by atoms with Crippen molar-refractivity contribution in [2.24, 2.45) is 7.05 Å². The average molecular weight is 268 g/mol. The molecule has 0 aliphatic carbocycles. The molecule has 1 heterocycles. The largest absolute Gasteiger partial charge is 0.343 e. The number of benzene rings is 1. The predicted octanol–water partition coefficient (Wildman–Crippen LogP) is 1.12. The number of halogens is 1. The first kappa shape index (κ1) is 12.8. The van der Waals surface area contributed by atoms with Gasteiger partial charge in [-0.05, 0) is 36.5 Å². The highest BCUT2D eigenvalue weighted by Gasteiger charge is 2.10. The first-order valence-electron chi connectivity index (χ1n) is 5.34. The summed E-state index contributed by atoms with van der Waals surface area (Å²) in [6.07, 6.45) is 0. The molecular weight excluding hydrogens is 255 g/mol. The van der Waals surface area contributed by atoms with Gasteiger partial charge in [0.25, 0.3) is 0 Å². The fourth-order valence-corrected chi connectivity index (χ4v) is 2.26. The fourth-order valence-electron chi connectivity index (χ4n) is 1.46. The molecule has 5 nitrogen and oxygen atoms in total. The Bertz CT molecular complexity index is 607. The third-order valence-electron chi connectivity index (χ3n) is 2.42. The number of H-pyrrole nitrogens is 1. The Labute approximate surface area is 107 Å². The maximum absolute atomic E-state index is 13.8. The fraction of sp³-hybridized carbons (Fsp3) is 0.273. The van der Waals surface area contributed by atoms with Gasteiger partial charge in [-0.15, -0.1) is 5.10 Å². The van der Waals surface area contributed by atoms with Gasteiger partial charge in [-0.1, -0.05) is 6.07 Å². The van der Waals surface area contributed by atoms with Crippen molar-refractivity contribution in [1.29, 1.82) is 0 Å². The minimum atomic E-state index is -0.316. The highest BCUT2D eigenvalue weighted by Crippen LogP contribution is 2.27. The summed E-state index contributed by atoms with van der Waals surface area (Å²) in [6.45, 7) is 0.614. The van der Waals surface area contributed by atoms with Gasteiger partial charge in [0.05, 0.1) is 4.90 Å². The first-order valence-corrected chi connectivity index (χ1v) is 6.15. The average Bonchev–Trinajstić information content (AvgIpc) is 2.65. The Morgan fingerprint density at radius 1 is 1.56 bits per heavy atom. The number of rotatable bonds is 4. The molecule has 0 fully saturated rings. The number of aromatic nitrogens is 3. The van der Waals surface area contributed by atoms with E-state index in [1.165, 1.54) is 10.6 Å². The predicted molar refractivity (Wildman–Crippen MR) is 67.1 cm³/mol. The molecule has 2 rings (SSSR count). The van der Waals surface area contributed by atoms with E-state index < -0.39 is 0 Å². The van der Waals surface area contributed by atoms with Gasteiger partial charge in [-0.25, -0.2) is 14.3 Å². The third-order valence-corrected chi connectivity index (χ3v) is 3.52. The highest BCUT2D eigenvalue weighted by atomic mass is 32.2. The molecule has 0 saturated heterocycles. The molecule has 1 aromatic carbocycles. The molecule has 96 valence electrons. The summed E-state index contributed by atoms with van der Waals surface area (Å²) in [5.41, 5.74) is 0.556. The molecule has 18 heavy (non-hydrogen) atoms. The zero-order valence-electron chi connectivity index (χ0n) is 10.0. The molecule has 0 aliphatic rings. The van der Waals surface area contributed by atoms with Crippen LogP contribution in [0.3, 0.4) is 0 Å². The Morgan fingerprint density at radius 2 is 2.33 bits per heavy atom. The second kappa shape index (κ2) is 5.36. The quantitative estimate of drug-likeness (QED) is 0.872. The second-order valence-electron chi connectivity index (χ2n) is 3.77. The Balaban J connectivity index is 2.24. The normalized spacial score (nSPS) is 10.8. The van der Waals surface area contributed by atoms with Crippen LogP contribution in [0, 0.1) is 5.82 Å². The van der Waals surface area contributed by atoms with E-state index in [4.69, 9.17) is 0 Å². The number of hydrogen-bond acceptors (Lipinski definition) is 4. The molecule has 0 radical (unpaired) electrons. The Kier molecular flexibility index (Phi) is 3.83. The molecule has 0 atom stereocenters. The third kappa shape index (κ3) is 2.62. The van der Waals surface area contributed by atoms with E-state index in [9.17, 15) is 9.18 Å². The van der Waals surface area contributed by atoms with Gasteiger partial charge in [0, 0.05) is 13.6 Å². The van der Waals surface area contributed by atoms with Gasteiger partial charge in [-0.2, -0.15) is 0 Å². The molecule has 2 N–H and O–H groups in total. The van der Waals surface area contributed by atoms with Gasteiger partial charge in [-0.3, -0.25) is 4.57 Å². The molecule has 0 aliphatic heterocycles. The number of nitrogens with zero attached hydrogens (tertiary/aromatic N) is 2.